The molecule has 2 heterocycles. The minimum atomic E-state index is -1.06. The quantitative estimate of drug-likeness (QED) is 0.498. The topological polar surface area (TPSA) is 144 Å². The average molecular weight is 466 g/mol. The number of carbonyl (C=O) groups excluding carboxylic acids is 3. The predicted molar refractivity (Wildman–Crippen MR) is 119 cm³/mol. The van der Waals surface area contributed by atoms with Gasteiger partial charge in [0, 0.05) is 61.6 Å². The molecule has 0 radical (unpaired) electrons. The van der Waals surface area contributed by atoms with E-state index < -0.39 is 32.5 Å². The molecule has 0 aliphatic carbocycles. The van der Waals surface area contributed by atoms with Gasteiger partial charge in [-0.25, -0.2) is 0 Å². The summed E-state index contributed by atoms with van der Waals surface area (Å²) >= 11 is 0. The summed E-state index contributed by atoms with van der Waals surface area (Å²) in [5, 5.41) is 22.2. The van der Waals surface area contributed by atoms with E-state index in [-0.39, 0.29) is 54.5 Å². The van der Waals surface area contributed by atoms with Gasteiger partial charge < -0.3 is 9.80 Å². The zero-order valence-corrected chi connectivity index (χ0v) is 18.6. The van der Waals surface area contributed by atoms with E-state index >= 15 is 0 Å². The van der Waals surface area contributed by atoms with E-state index in [0.29, 0.717) is 0 Å². The van der Waals surface area contributed by atoms with Crippen molar-refractivity contribution in [3.8, 4) is 0 Å². The lowest BCUT2D eigenvalue weighted by Crippen LogP contribution is -2.69. The number of hydrogen-bond donors (Lipinski definition) is 0. The van der Waals surface area contributed by atoms with Gasteiger partial charge in [-0.2, -0.15) is 0 Å². The van der Waals surface area contributed by atoms with Crippen molar-refractivity contribution in [2.45, 2.75) is 13.8 Å². The third kappa shape index (κ3) is 3.89. The monoisotopic (exact) mass is 466 g/mol. The van der Waals surface area contributed by atoms with Crippen LogP contribution in [0.25, 0.3) is 0 Å². The van der Waals surface area contributed by atoms with E-state index in [4.69, 9.17) is 0 Å². The number of nitro benzene ring substituents is 2. The van der Waals surface area contributed by atoms with Crippen LogP contribution < -0.4 is 0 Å². The Bertz CT molecular complexity index is 1140. The summed E-state index contributed by atoms with van der Waals surface area (Å²) in [6, 6.07) is 10.9. The molecule has 0 atom stereocenters. The molecule has 2 aliphatic rings. The molecule has 11 heteroatoms. The van der Waals surface area contributed by atoms with Crippen LogP contribution in [-0.2, 0) is 4.79 Å². The first-order valence-electron chi connectivity index (χ1n) is 10.6. The number of Topliss-reactive ketones (excluding diaryl/α,β-unsaturated/α-hetero) is 1. The molecule has 2 bridgehead atoms. The fourth-order valence-corrected chi connectivity index (χ4v) is 5.07. The summed E-state index contributed by atoms with van der Waals surface area (Å²) in [7, 11) is 0. The van der Waals surface area contributed by atoms with Crippen molar-refractivity contribution >= 4 is 29.0 Å². The Hall–Kier alpha value is -4.15. The highest BCUT2D eigenvalue weighted by Gasteiger charge is 2.57. The third-order valence-corrected chi connectivity index (χ3v) is 6.44. The molecule has 0 unspecified atom stereocenters. The van der Waals surface area contributed by atoms with E-state index in [1.807, 2.05) is 0 Å². The Balaban J connectivity index is 1.60. The van der Waals surface area contributed by atoms with Gasteiger partial charge in [0.1, 0.15) is 0 Å². The highest BCUT2D eigenvalue weighted by Crippen LogP contribution is 2.43. The van der Waals surface area contributed by atoms with Crippen LogP contribution in [0, 0.1) is 31.1 Å². The van der Waals surface area contributed by atoms with Crippen LogP contribution in [0.15, 0.2) is 48.5 Å². The second-order valence-electron chi connectivity index (χ2n) is 9.39. The smallest absolute Gasteiger partial charge is 0.270 e. The molecule has 2 fully saturated rings. The molecule has 0 spiro atoms. The van der Waals surface area contributed by atoms with Crippen LogP contribution in [0.4, 0.5) is 11.4 Å². The zero-order chi connectivity index (χ0) is 24.8. The van der Waals surface area contributed by atoms with Gasteiger partial charge in [-0.1, -0.05) is 12.1 Å². The van der Waals surface area contributed by atoms with Crippen LogP contribution >= 0.6 is 0 Å². The number of piperidine rings is 2. The number of ketones is 1. The Morgan fingerprint density at radius 2 is 1.12 bits per heavy atom. The number of non-ortho nitro benzene ring substituents is 2. The van der Waals surface area contributed by atoms with Crippen molar-refractivity contribution in [2.75, 3.05) is 26.2 Å². The maximum absolute atomic E-state index is 13.3. The molecule has 0 aromatic heterocycles. The van der Waals surface area contributed by atoms with E-state index in [9.17, 15) is 34.6 Å². The highest BCUT2D eigenvalue weighted by atomic mass is 16.6. The van der Waals surface area contributed by atoms with Crippen LogP contribution in [0.5, 0.6) is 0 Å². The second-order valence-corrected chi connectivity index (χ2v) is 9.39. The summed E-state index contributed by atoms with van der Waals surface area (Å²) in [5.41, 5.74) is -2.22. The average Bonchev–Trinajstić information content (AvgIpc) is 2.80. The van der Waals surface area contributed by atoms with Crippen molar-refractivity contribution in [1.29, 1.82) is 0 Å². The first-order valence-corrected chi connectivity index (χ1v) is 10.6. The van der Waals surface area contributed by atoms with Crippen molar-refractivity contribution < 1.29 is 24.2 Å². The maximum atomic E-state index is 13.3. The molecule has 0 N–H and O–H groups in total. The molecule has 2 amide bonds. The van der Waals surface area contributed by atoms with Gasteiger partial charge in [-0.05, 0) is 26.0 Å². The molecular formula is C23H22N4O7. The number of amides is 2. The summed E-state index contributed by atoms with van der Waals surface area (Å²) in [4.78, 5) is 63.7. The van der Waals surface area contributed by atoms with Gasteiger partial charge in [0.2, 0.25) is 0 Å². The summed E-state index contributed by atoms with van der Waals surface area (Å²) < 4.78 is 0. The molecule has 2 aromatic carbocycles. The fourth-order valence-electron chi connectivity index (χ4n) is 5.07. The van der Waals surface area contributed by atoms with Gasteiger partial charge >= 0.3 is 0 Å². The minimum absolute atomic E-state index is 0.0433. The predicted octanol–water partition coefficient (Wildman–Crippen LogP) is 2.70. The molecule has 0 saturated carbocycles. The lowest BCUT2D eigenvalue weighted by molar-refractivity contribution is -0.385. The van der Waals surface area contributed by atoms with Crippen LogP contribution in [0.2, 0.25) is 0 Å². The largest absolute Gasteiger partial charge is 0.337 e. The van der Waals surface area contributed by atoms with Crippen molar-refractivity contribution in [3.63, 3.8) is 0 Å². The maximum Gasteiger partial charge on any atom is 0.270 e. The molecule has 11 nitrogen and oxygen atoms in total. The number of hydrogen-bond acceptors (Lipinski definition) is 7. The zero-order valence-electron chi connectivity index (χ0n) is 18.6. The van der Waals surface area contributed by atoms with Crippen LogP contribution in [0.1, 0.15) is 34.6 Å². The molecule has 176 valence electrons. The number of rotatable bonds is 4. The normalized spacial score (nSPS) is 24.0. The summed E-state index contributed by atoms with van der Waals surface area (Å²) in [6.45, 7) is 3.55. The number of carbonyl (C=O) groups is 3. The number of fused-ring (bicyclic) bond motifs is 2. The Morgan fingerprint density at radius 3 is 1.44 bits per heavy atom. The Labute approximate surface area is 194 Å². The summed E-state index contributed by atoms with van der Waals surface area (Å²) in [5.74, 6) is -0.912. The van der Waals surface area contributed by atoms with Gasteiger partial charge in [0.25, 0.3) is 23.2 Å². The number of likely N-dealkylation sites (tertiary alicyclic amines) is 2. The van der Waals surface area contributed by atoms with E-state index in [1.165, 1.54) is 58.3 Å². The number of nitro groups is 2. The Morgan fingerprint density at radius 1 is 0.765 bits per heavy atom. The SMILES string of the molecule is CC12CN(C(=O)c3cccc([N+](=O)[O-])c3)CC(C)(CN(C(=O)c3cccc([N+](=O)[O-])c3)C1)C2=O. The molecular weight excluding hydrogens is 444 g/mol. The fraction of sp³-hybridized carbons (Fsp3) is 0.348. The molecule has 34 heavy (non-hydrogen) atoms. The molecule has 2 aromatic rings. The highest BCUT2D eigenvalue weighted by molar-refractivity contribution is 6.01. The van der Waals surface area contributed by atoms with Gasteiger partial charge in [0.05, 0.1) is 20.7 Å². The Kier molecular flexibility index (Phi) is 5.42. The third-order valence-electron chi connectivity index (χ3n) is 6.44. The van der Waals surface area contributed by atoms with E-state index in [0.717, 1.165) is 0 Å². The number of nitrogens with zero attached hydrogens (tertiary/aromatic N) is 4. The van der Waals surface area contributed by atoms with Crippen LogP contribution in [0.3, 0.4) is 0 Å². The van der Waals surface area contributed by atoms with Gasteiger partial charge in [0.15, 0.2) is 5.78 Å². The minimum Gasteiger partial charge on any atom is -0.337 e. The second kappa shape index (κ2) is 8.01. The van der Waals surface area contributed by atoms with Crippen LogP contribution in [-0.4, -0.2) is 63.4 Å². The summed E-state index contributed by atoms with van der Waals surface area (Å²) in [6.07, 6.45) is 0. The van der Waals surface area contributed by atoms with Crippen molar-refractivity contribution in [2.24, 2.45) is 10.8 Å². The number of benzene rings is 2. The van der Waals surface area contributed by atoms with E-state index in [2.05, 4.69) is 0 Å². The van der Waals surface area contributed by atoms with Crippen molar-refractivity contribution in [1.82, 2.24) is 9.80 Å². The first-order chi connectivity index (χ1) is 15.9. The first kappa shape index (κ1) is 23.0. The lowest BCUT2D eigenvalue weighted by Gasteiger charge is -2.55. The van der Waals surface area contributed by atoms with Crippen molar-refractivity contribution in [3.05, 3.63) is 79.9 Å². The van der Waals surface area contributed by atoms with Gasteiger partial charge in [-0.3, -0.25) is 34.6 Å². The molecule has 2 aliphatic heterocycles. The molecule has 2 saturated heterocycles. The van der Waals surface area contributed by atoms with Gasteiger partial charge in [-0.15, -0.1) is 0 Å². The standard InChI is InChI=1S/C23H22N4O7/c1-22-11-24(19(28)15-5-3-7-17(9-15)26(31)32)13-23(2,21(22)30)14-25(12-22)20(29)16-6-4-8-18(10-16)27(33)34/h3-10H,11-14H2,1-2H3. The lowest BCUT2D eigenvalue weighted by atomic mass is 9.64. The molecule has 4 rings (SSSR count). The van der Waals surface area contributed by atoms with E-state index in [1.54, 1.807) is 13.8 Å².